The van der Waals surface area contributed by atoms with Crippen molar-refractivity contribution in [3.05, 3.63) is 29.3 Å². The van der Waals surface area contributed by atoms with Gasteiger partial charge in [-0.05, 0) is 29.9 Å². The maximum Gasteiger partial charge on any atom is 0.150 e. The molecule has 1 aromatic rings. The van der Waals surface area contributed by atoms with Crippen LogP contribution in [0.2, 0.25) is 0 Å². The van der Waals surface area contributed by atoms with Crippen molar-refractivity contribution in [3.63, 3.8) is 0 Å². The summed E-state index contributed by atoms with van der Waals surface area (Å²) in [6.45, 7) is 4.40. The normalized spacial score (nSPS) is 10.5. The molecule has 0 atom stereocenters. The second kappa shape index (κ2) is 6.59. The summed E-state index contributed by atoms with van der Waals surface area (Å²) in [5, 5.41) is 0. The molecule has 0 aromatic heterocycles. The van der Waals surface area contributed by atoms with Crippen LogP contribution in [0.4, 0.5) is 0 Å². The Morgan fingerprint density at radius 2 is 2.19 bits per heavy atom. The van der Waals surface area contributed by atoms with Gasteiger partial charge in [0.25, 0.3) is 0 Å². The number of benzene rings is 1. The zero-order chi connectivity index (χ0) is 12.0. The molecule has 0 amide bonds. The van der Waals surface area contributed by atoms with Gasteiger partial charge < -0.3 is 4.74 Å². The van der Waals surface area contributed by atoms with E-state index in [1.54, 1.807) is 13.2 Å². The van der Waals surface area contributed by atoms with Crippen molar-refractivity contribution >= 4 is 18.0 Å². The number of carbonyl (C=O) groups is 1. The predicted octanol–water partition coefficient (Wildman–Crippen LogP) is 3.40. The van der Waals surface area contributed by atoms with Gasteiger partial charge >= 0.3 is 0 Å². The molecule has 0 aliphatic carbocycles. The molecule has 0 heterocycles. The predicted molar refractivity (Wildman–Crippen MR) is 69.4 cm³/mol. The van der Waals surface area contributed by atoms with Crippen molar-refractivity contribution in [1.82, 2.24) is 0 Å². The summed E-state index contributed by atoms with van der Waals surface area (Å²) in [6, 6.07) is 5.54. The number of methoxy groups -OCH3 is 1. The standard InChI is InChI=1S/C13H18O2S/c1-10(2)8-16-9-12-6-11(7-14)4-5-13(12)15-3/h4-7,10H,8-9H2,1-3H3. The summed E-state index contributed by atoms with van der Waals surface area (Å²) in [4.78, 5) is 10.7. The first-order valence-corrected chi connectivity index (χ1v) is 6.52. The summed E-state index contributed by atoms with van der Waals surface area (Å²) in [5.41, 5.74) is 1.80. The minimum absolute atomic E-state index is 0.685. The Morgan fingerprint density at radius 1 is 1.44 bits per heavy atom. The van der Waals surface area contributed by atoms with Gasteiger partial charge in [0.15, 0.2) is 0 Å². The highest BCUT2D eigenvalue weighted by molar-refractivity contribution is 7.98. The van der Waals surface area contributed by atoms with E-state index in [4.69, 9.17) is 4.74 Å². The summed E-state index contributed by atoms with van der Waals surface area (Å²) < 4.78 is 5.27. The first-order chi connectivity index (χ1) is 7.67. The van der Waals surface area contributed by atoms with Crippen molar-refractivity contribution in [3.8, 4) is 5.75 Å². The van der Waals surface area contributed by atoms with Crippen LogP contribution in [-0.2, 0) is 5.75 Å². The molecule has 0 aliphatic heterocycles. The Labute approximate surface area is 101 Å². The molecule has 0 saturated carbocycles. The average molecular weight is 238 g/mol. The van der Waals surface area contributed by atoms with Crippen LogP contribution in [0.1, 0.15) is 29.8 Å². The second-order valence-corrected chi connectivity index (χ2v) is 5.13. The van der Waals surface area contributed by atoms with Gasteiger partial charge in [0.2, 0.25) is 0 Å². The van der Waals surface area contributed by atoms with E-state index in [9.17, 15) is 4.79 Å². The lowest BCUT2D eigenvalue weighted by molar-refractivity contribution is 0.112. The molecule has 16 heavy (non-hydrogen) atoms. The van der Waals surface area contributed by atoms with Crippen molar-refractivity contribution in [2.75, 3.05) is 12.9 Å². The first kappa shape index (κ1) is 13.1. The van der Waals surface area contributed by atoms with Crippen molar-refractivity contribution in [2.24, 2.45) is 5.92 Å². The number of carbonyl (C=O) groups excluding carboxylic acids is 1. The van der Waals surface area contributed by atoms with E-state index in [0.717, 1.165) is 29.1 Å². The maximum absolute atomic E-state index is 10.7. The van der Waals surface area contributed by atoms with E-state index in [1.807, 2.05) is 23.9 Å². The quantitative estimate of drug-likeness (QED) is 0.711. The summed E-state index contributed by atoms with van der Waals surface area (Å²) >= 11 is 1.87. The first-order valence-electron chi connectivity index (χ1n) is 5.37. The lowest BCUT2D eigenvalue weighted by Crippen LogP contribution is -1.95. The SMILES string of the molecule is COc1ccc(C=O)cc1CSCC(C)C. The van der Waals surface area contributed by atoms with E-state index in [2.05, 4.69) is 13.8 Å². The van der Waals surface area contributed by atoms with Gasteiger partial charge in [-0.15, -0.1) is 0 Å². The number of ether oxygens (including phenoxy) is 1. The number of rotatable bonds is 6. The molecule has 1 aromatic carbocycles. The second-order valence-electron chi connectivity index (χ2n) is 4.10. The van der Waals surface area contributed by atoms with Crippen molar-refractivity contribution in [2.45, 2.75) is 19.6 Å². The lowest BCUT2D eigenvalue weighted by atomic mass is 10.1. The Balaban J connectivity index is 2.71. The van der Waals surface area contributed by atoms with E-state index in [1.165, 1.54) is 0 Å². The van der Waals surface area contributed by atoms with Crippen LogP contribution >= 0.6 is 11.8 Å². The third-order valence-corrected chi connectivity index (χ3v) is 3.57. The zero-order valence-corrected chi connectivity index (χ0v) is 10.8. The fourth-order valence-electron chi connectivity index (χ4n) is 1.39. The molecule has 0 spiro atoms. The minimum Gasteiger partial charge on any atom is -0.496 e. The molecule has 3 heteroatoms. The van der Waals surface area contributed by atoms with Crippen LogP contribution in [0.3, 0.4) is 0 Å². The van der Waals surface area contributed by atoms with Crippen LogP contribution in [0.5, 0.6) is 5.75 Å². The van der Waals surface area contributed by atoms with Gasteiger partial charge in [-0.1, -0.05) is 13.8 Å². The van der Waals surface area contributed by atoms with E-state index < -0.39 is 0 Å². The van der Waals surface area contributed by atoms with Crippen LogP contribution in [0.25, 0.3) is 0 Å². The van der Waals surface area contributed by atoms with Gasteiger partial charge in [-0.2, -0.15) is 11.8 Å². The van der Waals surface area contributed by atoms with E-state index in [-0.39, 0.29) is 0 Å². The molecule has 0 N–H and O–H groups in total. The average Bonchev–Trinajstić information content (AvgIpc) is 2.28. The summed E-state index contributed by atoms with van der Waals surface area (Å²) in [6.07, 6.45) is 0.871. The number of hydrogen-bond acceptors (Lipinski definition) is 3. The molecule has 0 fully saturated rings. The molecular weight excluding hydrogens is 220 g/mol. The van der Waals surface area contributed by atoms with Crippen molar-refractivity contribution in [1.29, 1.82) is 0 Å². The molecule has 0 aliphatic rings. The van der Waals surface area contributed by atoms with Gasteiger partial charge in [0.1, 0.15) is 12.0 Å². The summed E-state index contributed by atoms with van der Waals surface area (Å²) in [5.74, 6) is 3.56. The zero-order valence-electron chi connectivity index (χ0n) is 10.0. The van der Waals surface area contributed by atoms with Gasteiger partial charge in [-0.3, -0.25) is 4.79 Å². The number of hydrogen-bond donors (Lipinski definition) is 0. The molecule has 2 nitrogen and oxygen atoms in total. The topological polar surface area (TPSA) is 26.3 Å². The largest absolute Gasteiger partial charge is 0.496 e. The Kier molecular flexibility index (Phi) is 5.39. The Morgan fingerprint density at radius 3 is 2.75 bits per heavy atom. The Bertz CT molecular complexity index is 348. The fourth-order valence-corrected chi connectivity index (χ4v) is 2.42. The molecular formula is C13H18O2S. The minimum atomic E-state index is 0.685. The molecule has 0 saturated heterocycles. The van der Waals surface area contributed by atoms with Crippen LogP contribution in [0, 0.1) is 5.92 Å². The molecule has 1 rings (SSSR count). The molecule has 0 unspecified atom stereocenters. The number of aldehydes is 1. The Hall–Kier alpha value is -0.960. The third kappa shape index (κ3) is 3.89. The van der Waals surface area contributed by atoms with Crippen LogP contribution in [0.15, 0.2) is 18.2 Å². The molecule has 88 valence electrons. The maximum atomic E-state index is 10.7. The molecule has 0 radical (unpaired) electrons. The van der Waals surface area contributed by atoms with Crippen LogP contribution in [-0.4, -0.2) is 19.1 Å². The smallest absolute Gasteiger partial charge is 0.150 e. The van der Waals surface area contributed by atoms with Gasteiger partial charge in [0, 0.05) is 16.9 Å². The number of thioether (sulfide) groups is 1. The fraction of sp³-hybridized carbons (Fsp3) is 0.462. The van der Waals surface area contributed by atoms with Gasteiger partial charge in [-0.25, -0.2) is 0 Å². The van der Waals surface area contributed by atoms with Crippen LogP contribution < -0.4 is 4.74 Å². The lowest BCUT2D eigenvalue weighted by Gasteiger charge is -2.09. The highest BCUT2D eigenvalue weighted by atomic mass is 32.2. The van der Waals surface area contributed by atoms with Crippen molar-refractivity contribution < 1.29 is 9.53 Å². The third-order valence-electron chi connectivity index (χ3n) is 2.15. The van der Waals surface area contributed by atoms with E-state index in [0.29, 0.717) is 11.5 Å². The molecule has 0 bridgehead atoms. The highest BCUT2D eigenvalue weighted by Gasteiger charge is 2.05. The highest BCUT2D eigenvalue weighted by Crippen LogP contribution is 2.25. The van der Waals surface area contributed by atoms with E-state index >= 15 is 0 Å². The summed E-state index contributed by atoms with van der Waals surface area (Å²) in [7, 11) is 1.66. The monoisotopic (exact) mass is 238 g/mol. The van der Waals surface area contributed by atoms with Gasteiger partial charge in [0.05, 0.1) is 7.11 Å².